The molecule has 0 unspecified atom stereocenters. The third kappa shape index (κ3) is 2.16. The molecule has 86 valence electrons. The molecule has 0 atom stereocenters. The number of hydrogen-bond acceptors (Lipinski definition) is 3. The van der Waals surface area contributed by atoms with Crippen LogP contribution in [0.1, 0.15) is 33.0 Å². The van der Waals surface area contributed by atoms with E-state index in [0.717, 1.165) is 31.2 Å². The summed E-state index contributed by atoms with van der Waals surface area (Å²) in [7, 11) is 0. The number of fused-ring (bicyclic) bond motifs is 1. The minimum absolute atomic E-state index is 0.0960. The van der Waals surface area contributed by atoms with E-state index in [1.165, 1.54) is 9.75 Å². The maximum atomic E-state index is 12.2. The lowest BCUT2D eigenvalue weighted by molar-refractivity contribution is -0.108. The van der Waals surface area contributed by atoms with Crippen molar-refractivity contribution in [3.63, 3.8) is 0 Å². The molecule has 0 fully saturated rings. The standard InChI is InChI=1S/C12H15NO2S/c1-9-8-10-11(16-9)4-2-5-13(12(10)15)6-3-7-14/h7-8H,2-6H2,1H3. The van der Waals surface area contributed by atoms with Crippen LogP contribution in [-0.4, -0.2) is 30.2 Å². The monoisotopic (exact) mass is 237 g/mol. The SMILES string of the molecule is Cc1cc2c(s1)CCCN(CCC=O)C2=O. The van der Waals surface area contributed by atoms with Gasteiger partial charge < -0.3 is 9.69 Å². The molecule has 0 radical (unpaired) electrons. The van der Waals surface area contributed by atoms with Gasteiger partial charge in [0.25, 0.3) is 5.91 Å². The van der Waals surface area contributed by atoms with Crippen molar-refractivity contribution in [1.29, 1.82) is 0 Å². The summed E-state index contributed by atoms with van der Waals surface area (Å²) in [6, 6.07) is 1.97. The zero-order valence-corrected chi connectivity index (χ0v) is 10.2. The number of nitrogens with zero attached hydrogens (tertiary/aromatic N) is 1. The van der Waals surface area contributed by atoms with E-state index in [-0.39, 0.29) is 5.91 Å². The Bertz CT molecular complexity index is 411. The number of amides is 1. The Hall–Kier alpha value is -1.16. The highest BCUT2D eigenvalue weighted by atomic mass is 32.1. The molecule has 1 aromatic heterocycles. The second kappa shape index (κ2) is 4.78. The van der Waals surface area contributed by atoms with E-state index >= 15 is 0 Å². The van der Waals surface area contributed by atoms with Gasteiger partial charge in [-0.2, -0.15) is 0 Å². The summed E-state index contributed by atoms with van der Waals surface area (Å²) in [6.07, 6.45) is 3.29. The Kier molecular flexibility index (Phi) is 3.39. The van der Waals surface area contributed by atoms with E-state index in [1.54, 1.807) is 16.2 Å². The van der Waals surface area contributed by atoms with Crippen LogP contribution in [0.3, 0.4) is 0 Å². The average Bonchev–Trinajstić information content (AvgIpc) is 2.57. The van der Waals surface area contributed by atoms with Crippen LogP contribution in [0.25, 0.3) is 0 Å². The van der Waals surface area contributed by atoms with Gasteiger partial charge in [0.2, 0.25) is 0 Å². The van der Waals surface area contributed by atoms with Gasteiger partial charge in [0.15, 0.2) is 0 Å². The fourth-order valence-corrected chi connectivity index (χ4v) is 3.12. The van der Waals surface area contributed by atoms with Crippen molar-refractivity contribution in [2.24, 2.45) is 0 Å². The van der Waals surface area contributed by atoms with Crippen LogP contribution in [0.5, 0.6) is 0 Å². The smallest absolute Gasteiger partial charge is 0.255 e. The van der Waals surface area contributed by atoms with Crippen LogP contribution in [0.15, 0.2) is 6.07 Å². The largest absolute Gasteiger partial charge is 0.338 e. The minimum atomic E-state index is 0.0960. The van der Waals surface area contributed by atoms with Crippen LogP contribution in [0.4, 0.5) is 0 Å². The van der Waals surface area contributed by atoms with Gasteiger partial charge in [-0.3, -0.25) is 4.79 Å². The predicted molar refractivity (Wildman–Crippen MR) is 64.0 cm³/mol. The zero-order valence-electron chi connectivity index (χ0n) is 9.36. The van der Waals surface area contributed by atoms with Crippen molar-refractivity contribution in [1.82, 2.24) is 4.90 Å². The quantitative estimate of drug-likeness (QED) is 0.754. The molecule has 0 saturated heterocycles. The summed E-state index contributed by atoms with van der Waals surface area (Å²) in [6.45, 7) is 3.35. The predicted octanol–water partition coefficient (Wildman–Crippen LogP) is 2.03. The first-order valence-corrected chi connectivity index (χ1v) is 6.36. The van der Waals surface area contributed by atoms with Gasteiger partial charge in [0.05, 0.1) is 5.56 Å². The minimum Gasteiger partial charge on any atom is -0.338 e. The molecule has 1 aliphatic rings. The molecule has 4 heteroatoms. The van der Waals surface area contributed by atoms with E-state index in [1.807, 2.05) is 13.0 Å². The summed E-state index contributed by atoms with van der Waals surface area (Å²) >= 11 is 1.72. The lowest BCUT2D eigenvalue weighted by Crippen LogP contribution is -2.31. The topological polar surface area (TPSA) is 37.4 Å². The normalized spacial score (nSPS) is 15.8. The Morgan fingerprint density at radius 2 is 2.38 bits per heavy atom. The summed E-state index contributed by atoms with van der Waals surface area (Å²) < 4.78 is 0. The average molecular weight is 237 g/mol. The highest BCUT2D eigenvalue weighted by Gasteiger charge is 2.23. The molecule has 3 nitrogen and oxygen atoms in total. The first-order chi connectivity index (χ1) is 7.72. The number of carbonyl (C=O) groups is 2. The summed E-state index contributed by atoms with van der Waals surface area (Å²) in [5.74, 6) is 0.0960. The second-order valence-corrected chi connectivity index (χ2v) is 5.39. The number of rotatable bonds is 3. The number of hydrogen-bond donors (Lipinski definition) is 0. The van der Waals surface area contributed by atoms with Crippen molar-refractivity contribution in [2.75, 3.05) is 13.1 Å². The maximum Gasteiger partial charge on any atom is 0.255 e. The lowest BCUT2D eigenvalue weighted by Gasteiger charge is -2.19. The van der Waals surface area contributed by atoms with E-state index in [9.17, 15) is 9.59 Å². The molecule has 0 bridgehead atoms. The van der Waals surface area contributed by atoms with E-state index in [2.05, 4.69) is 0 Å². The molecule has 0 saturated carbocycles. The molecule has 1 aromatic rings. The van der Waals surface area contributed by atoms with Gasteiger partial charge in [-0.25, -0.2) is 0 Å². The van der Waals surface area contributed by atoms with Crippen molar-refractivity contribution in [3.05, 3.63) is 21.4 Å². The maximum absolute atomic E-state index is 12.2. The first-order valence-electron chi connectivity index (χ1n) is 5.54. The zero-order chi connectivity index (χ0) is 11.5. The summed E-state index contributed by atoms with van der Waals surface area (Å²) in [4.78, 5) is 26.7. The van der Waals surface area contributed by atoms with Crippen LogP contribution in [-0.2, 0) is 11.2 Å². The molecule has 16 heavy (non-hydrogen) atoms. The van der Waals surface area contributed by atoms with Crippen molar-refractivity contribution >= 4 is 23.5 Å². The highest BCUT2D eigenvalue weighted by Crippen LogP contribution is 2.27. The molecule has 0 N–H and O–H groups in total. The lowest BCUT2D eigenvalue weighted by atomic mass is 10.2. The van der Waals surface area contributed by atoms with E-state index < -0.39 is 0 Å². The van der Waals surface area contributed by atoms with E-state index in [0.29, 0.717) is 13.0 Å². The van der Waals surface area contributed by atoms with Gasteiger partial charge in [-0.1, -0.05) is 0 Å². The highest BCUT2D eigenvalue weighted by molar-refractivity contribution is 7.12. The fraction of sp³-hybridized carbons (Fsp3) is 0.500. The number of aldehydes is 1. The van der Waals surface area contributed by atoms with E-state index in [4.69, 9.17) is 0 Å². The molecule has 1 aliphatic heterocycles. The number of carbonyl (C=O) groups excluding carboxylic acids is 2. The molecule has 0 aliphatic carbocycles. The van der Waals surface area contributed by atoms with Crippen LogP contribution in [0.2, 0.25) is 0 Å². The first kappa shape index (κ1) is 11.3. The summed E-state index contributed by atoms with van der Waals surface area (Å²) in [5, 5.41) is 0. The molecule has 0 aromatic carbocycles. The van der Waals surface area contributed by atoms with Crippen molar-refractivity contribution < 1.29 is 9.59 Å². The van der Waals surface area contributed by atoms with Gasteiger partial charge in [-0.05, 0) is 25.8 Å². The summed E-state index contributed by atoms with van der Waals surface area (Å²) in [5.41, 5.74) is 0.853. The number of aryl methyl sites for hydroxylation is 2. The van der Waals surface area contributed by atoms with Crippen molar-refractivity contribution in [2.45, 2.75) is 26.2 Å². The molecular formula is C12H15NO2S. The van der Waals surface area contributed by atoms with Crippen LogP contribution in [0, 0.1) is 6.92 Å². The van der Waals surface area contributed by atoms with Gasteiger partial charge in [0.1, 0.15) is 6.29 Å². The number of thiophene rings is 1. The fourth-order valence-electron chi connectivity index (χ4n) is 2.05. The molecule has 2 rings (SSSR count). The van der Waals surface area contributed by atoms with Crippen LogP contribution >= 0.6 is 11.3 Å². The van der Waals surface area contributed by atoms with Crippen molar-refractivity contribution in [3.8, 4) is 0 Å². The Labute approximate surface area is 99.1 Å². The second-order valence-electron chi connectivity index (χ2n) is 4.04. The molecule has 0 spiro atoms. The molecule has 1 amide bonds. The Balaban J connectivity index is 2.22. The third-order valence-electron chi connectivity index (χ3n) is 2.80. The third-order valence-corrected chi connectivity index (χ3v) is 3.91. The molecule has 2 heterocycles. The molecular weight excluding hydrogens is 222 g/mol. The van der Waals surface area contributed by atoms with Crippen LogP contribution < -0.4 is 0 Å². The Morgan fingerprint density at radius 3 is 3.12 bits per heavy atom. The van der Waals surface area contributed by atoms with Gasteiger partial charge in [-0.15, -0.1) is 11.3 Å². The van der Waals surface area contributed by atoms with Gasteiger partial charge in [0, 0.05) is 29.3 Å². The van der Waals surface area contributed by atoms with Gasteiger partial charge >= 0.3 is 0 Å². The Morgan fingerprint density at radius 1 is 1.56 bits per heavy atom.